The van der Waals surface area contributed by atoms with Crippen LogP contribution >= 0.6 is 22.7 Å². The summed E-state index contributed by atoms with van der Waals surface area (Å²) in [4.78, 5) is 37.6. The average molecular weight is 631 g/mol. The van der Waals surface area contributed by atoms with Gasteiger partial charge in [0.05, 0.1) is 31.9 Å². The van der Waals surface area contributed by atoms with Crippen LogP contribution in [0.1, 0.15) is 57.3 Å². The molecule has 4 rings (SSSR count). The summed E-state index contributed by atoms with van der Waals surface area (Å²) in [5.74, 6) is -1.63. The summed E-state index contributed by atoms with van der Waals surface area (Å²) in [6, 6.07) is 14.8. The lowest BCUT2D eigenvalue weighted by molar-refractivity contribution is -0.274. The molecule has 224 valence electrons. The molecule has 0 aliphatic heterocycles. The molecular formula is C29H25F3N4O5S2. The van der Waals surface area contributed by atoms with Gasteiger partial charge >= 0.3 is 6.36 Å². The van der Waals surface area contributed by atoms with Crippen molar-refractivity contribution in [3.05, 3.63) is 86.9 Å². The first kappa shape index (κ1) is 31.3. The van der Waals surface area contributed by atoms with Crippen molar-refractivity contribution in [3.63, 3.8) is 0 Å². The van der Waals surface area contributed by atoms with Crippen molar-refractivity contribution in [1.29, 1.82) is 0 Å². The highest BCUT2D eigenvalue weighted by molar-refractivity contribution is 7.16. The SMILES string of the molecule is CC(=O)Nc1ccc(C(C)NC(=O)c2ccc(C(=O)N/N=C(\C)c3csc(-c4ccc(OC(F)(F)F)cc4)c3O)s2)cc1. The van der Waals surface area contributed by atoms with Crippen molar-refractivity contribution >= 4 is 51.8 Å². The number of thiophene rings is 2. The number of hydrogen-bond donors (Lipinski definition) is 4. The van der Waals surface area contributed by atoms with Crippen LogP contribution in [0.25, 0.3) is 10.4 Å². The Balaban J connectivity index is 1.36. The predicted molar refractivity (Wildman–Crippen MR) is 159 cm³/mol. The fourth-order valence-electron chi connectivity index (χ4n) is 3.86. The van der Waals surface area contributed by atoms with Crippen molar-refractivity contribution in [2.75, 3.05) is 5.32 Å². The monoisotopic (exact) mass is 630 g/mol. The molecule has 0 spiro atoms. The van der Waals surface area contributed by atoms with Crippen molar-refractivity contribution in [3.8, 4) is 21.9 Å². The first-order valence-electron chi connectivity index (χ1n) is 12.6. The summed E-state index contributed by atoms with van der Waals surface area (Å²) in [6.45, 7) is 4.80. The van der Waals surface area contributed by atoms with Crippen LogP contribution in [0.5, 0.6) is 11.5 Å². The molecule has 9 nitrogen and oxygen atoms in total. The Bertz CT molecular complexity index is 1660. The van der Waals surface area contributed by atoms with E-state index in [1.165, 1.54) is 31.2 Å². The van der Waals surface area contributed by atoms with E-state index in [1.807, 2.05) is 6.92 Å². The number of benzene rings is 2. The van der Waals surface area contributed by atoms with Gasteiger partial charge in [-0.3, -0.25) is 14.4 Å². The van der Waals surface area contributed by atoms with Crippen molar-refractivity contribution in [2.24, 2.45) is 5.10 Å². The number of nitrogens with one attached hydrogen (secondary N) is 3. The molecule has 4 aromatic rings. The van der Waals surface area contributed by atoms with Gasteiger partial charge in [-0.2, -0.15) is 5.10 Å². The number of hydrogen-bond acceptors (Lipinski definition) is 8. The maximum Gasteiger partial charge on any atom is 0.573 e. The highest BCUT2D eigenvalue weighted by Crippen LogP contribution is 2.39. The Labute approximate surface area is 252 Å². The van der Waals surface area contributed by atoms with Gasteiger partial charge in [-0.25, -0.2) is 5.43 Å². The minimum Gasteiger partial charge on any atom is -0.506 e. The van der Waals surface area contributed by atoms with Gasteiger partial charge < -0.3 is 20.5 Å². The minimum absolute atomic E-state index is 0.140. The van der Waals surface area contributed by atoms with Crippen LogP contribution in [-0.4, -0.2) is 34.9 Å². The molecule has 0 saturated carbocycles. The van der Waals surface area contributed by atoms with Gasteiger partial charge in [-0.1, -0.05) is 12.1 Å². The zero-order valence-electron chi connectivity index (χ0n) is 22.9. The van der Waals surface area contributed by atoms with Crippen LogP contribution in [0, 0.1) is 0 Å². The van der Waals surface area contributed by atoms with Crippen LogP contribution < -0.4 is 20.8 Å². The lowest BCUT2D eigenvalue weighted by Gasteiger charge is -2.14. The Morgan fingerprint density at radius 1 is 0.930 bits per heavy atom. The number of halogens is 3. The van der Waals surface area contributed by atoms with E-state index in [9.17, 15) is 32.7 Å². The van der Waals surface area contributed by atoms with Gasteiger partial charge in [0.1, 0.15) is 11.5 Å². The smallest absolute Gasteiger partial charge is 0.506 e. The predicted octanol–water partition coefficient (Wildman–Crippen LogP) is 6.68. The molecule has 1 atom stereocenters. The lowest BCUT2D eigenvalue weighted by Crippen LogP contribution is -2.25. The number of carbonyl (C=O) groups is 3. The number of hydrazone groups is 1. The summed E-state index contributed by atoms with van der Waals surface area (Å²) < 4.78 is 41.1. The van der Waals surface area contributed by atoms with E-state index in [4.69, 9.17) is 0 Å². The molecule has 1 unspecified atom stereocenters. The van der Waals surface area contributed by atoms with Gasteiger partial charge in [0.15, 0.2) is 0 Å². The molecule has 14 heteroatoms. The topological polar surface area (TPSA) is 129 Å². The molecule has 0 saturated heterocycles. The molecule has 2 aromatic heterocycles. The number of carbonyl (C=O) groups excluding carboxylic acids is 3. The first-order chi connectivity index (χ1) is 20.3. The lowest BCUT2D eigenvalue weighted by atomic mass is 10.1. The highest BCUT2D eigenvalue weighted by atomic mass is 32.1. The van der Waals surface area contributed by atoms with Gasteiger partial charge in [0.25, 0.3) is 11.8 Å². The quantitative estimate of drug-likeness (QED) is 0.121. The second-order valence-corrected chi connectivity index (χ2v) is 11.2. The fraction of sp³-hybridized carbons (Fsp3) is 0.172. The average Bonchev–Trinajstić information content (AvgIpc) is 3.59. The second-order valence-electron chi connectivity index (χ2n) is 9.20. The summed E-state index contributed by atoms with van der Waals surface area (Å²) >= 11 is 2.14. The van der Waals surface area contributed by atoms with E-state index in [0.717, 1.165) is 40.4 Å². The number of alkyl halides is 3. The zero-order chi connectivity index (χ0) is 31.3. The standard InChI is InChI=1S/C29H25F3N4O5S2/c1-15(18-4-8-20(9-5-18)34-17(3)37)33-27(39)23-12-13-24(43-23)28(40)36-35-16(2)22-14-42-26(25(22)38)19-6-10-21(11-7-19)41-29(30,31)32/h4-15,38H,1-3H3,(H,33,39)(H,34,37)(H,36,40)/b35-16+. The molecule has 2 aromatic carbocycles. The van der Waals surface area contributed by atoms with Crippen molar-refractivity contribution in [2.45, 2.75) is 33.2 Å². The Hall–Kier alpha value is -4.69. The summed E-state index contributed by atoms with van der Waals surface area (Å²) in [6.07, 6.45) is -4.81. The number of ether oxygens (including phenoxy) is 1. The van der Waals surface area contributed by atoms with Gasteiger partial charge in [0.2, 0.25) is 5.91 Å². The third-order valence-electron chi connectivity index (χ3n) is 5.96. The van der Waals surface area contributed by atoms with Crippen LogP contribution in [0.4, 0.5) is 18.9 Å². The molecule has 0 fully saturated rings. The number of anilines is 1. The summed E-state index contributed by atoms with van der Waals surface area (Å²) in [7, 11) is 0. The summed E-state index contributed by atoms with van der Waals surface area (Å²) in [5.41, 5.74) is 4.98. The van der Waals surface area contributed by atoms with E-state index < -0.39 is 12.3 Å². The van der Waals surface area contributed by atoms with E-state index in [2.05, 4.69) is 25.9 Å². The number of aromatic hydroxyl groups is 1. The van der Waals surface area contributed by atoms with Crippen LogP contribution in [-0.2, 0) is 4.79 Å². The van der Waals surface area contributed by atoms with E-state index in [0.29, 0.717) is 32.3 Å². The minimum atomic E-state index is -4.81. The Morgan fingerprint density at radius 2 is 1.56 bits per heavy atom. The maximum atomic E-state index is 12.8. The third kappa shape index (κ3) is 8.20. The fourth-order valence-corrected chi connectivity index (χ4v) is 5.67. The Kier molecular flexibility index (Phi) is 9.51. The van der Waals surface area contributed by atoms with E-state index in [1.54, 1.807) is 36.6 Å². The highest BCUT2D eigenvalue weighted by Gasteiger charge is 2.31. The van der Waals surface area contributed by atoms with E-state index >= 15 is 0 Å². The molecular weight excluding hydrogens is 605 g/mol. The van der Waals surface area contributed by atoms with Gasteiger partial charge in [-0.15, -0.1) is 35.8 Å². The molecule has 0 aliphatic rings. The van der Waals surface area contributed by atoms with Crippen molar-refractivity contribution in [1.82, 2.24) is 10.7 Å². The Morgan fingerprint density at radius 3 is 2.16 bits per heavy atom. The third-order valence-corrected chi connectivity index (χ3v) is 8.06. The maximum absolute atomic E-state index is 12.8. The van der Waals surface area contributed by atoms with E-state index in [-0.39, 0.29) is 34.2 Å². The van der Waals surface area contributed by atoms with Gasteiger partial charge in [0, 0.05) is 18.0 Å². The molecule has 4 N–H and O–H groups in total. The van der Waals surface area contributed by atoms with Crippen LogP contribution in [0.2, 0.25) is 0 Å². The zero-order valence-corrected chi connectivity index (χ0v) is 24.5. The largest absolute Gasteiger partial charge is 0.573 e. The van der Waals surface area contributed by atoms with Crippen molar-refractivity contribution < 1.29 is 37.4 Å². The first-order valence-corrected chi connectivity index (χ1v) is 14.3. The second kappa shape index (κ2) is 13.1. The molecule has 0 aliphatic carbocycles. The van der Waals surface area contributed by atoms with Crippen LogP contribution in [0.3, 0.4) is 0 Å². The van der Waals surface area contributed by atoms with Crippen LogP contribution in [0.15, 0.2) is 71.1 Å². The molecule has 0 bridgehead atoms. The molecule has 0 radical (unpaired) electrons. The number of nitrogens with zero attached hydrogens (tertiary/aromatic N) is 1. The molecule has 2 heterocycles. The molecule has 3 amide bonds. The van der Waals surface area contributed by atoms with Gasteiger partial charge in [-0.05, 0) is 73.5 Å². The number of amides is 3. The number of rotatable bonds is 9. The molecule has 43 heavy (non-hydrogen) atoms. The normalized spacial score (nSPS) is 12.4. The summed E-state index contributed by atoms with van der Waals surface area (Å²) in [5, 5.41) is 21.9.